The second-order valence-electron chi connectivity index (χ2n) is 8.22. The number of benzene rings is 2. The maximum atomic E-state index is 11.7. The summed E-state index contributed by atoms with van der Waals surface area (Å²) in [5.74, 6) is -0.187. The lowest BCUT2D eigenvalue weighted by Gasteiger charge is -2.34. The second kappa shape index (κ2) is 8.16. The van der Waals surface area contributed by atoms with E-state index in [-0.39, 0.29) is 5.97 Å². The van der Waals surface area contributed by atoms with Crippen molar-refractivity contribution in [2.45, 2.75) is 26.4 Å². The number of nitrogens with zero attached hydrogens (tertiary/aromatic N) is 4. The lowest BCUT2D eigenvalue weighted by molar-refractivity contribution is 0.0535. The van der Waals surface area contributed by atoms with Crippen LogP contribution in [0.4, 0.5) is 0 Å². The van der Waals surface area contributed by atoms with Crippen molar-refractivity contribution in [1.82, 2.24) is 20.1 Å². The van der Waals surface area contributed by atoms with Crippen LogP contribution >= 0.6 is 0 Å². The van der Waals surface area contributed by atoms with Crippen molar-refractivity contribution in [1.29, 1.82) is 0 Å². The Morgan fingerprint density at radius 1 is 0.933 bits per heavy atom. The number of rotatable bonds is 6. The van der Waals surface area contributed by atoms with Crippen molar-refractivity contribution >= 4 is 17.0 Å². The summed E-state index contributed by atoms with van der Waals surface area (Å²) in [6.07, 6.45) is 2.02. The van der Waals surface area contributed by atoms with Crippen molar-refractivity contribution in [3.8, 4) is 0 Å². The van der Waals surface area contributed by atoms with Gasteiger partial charge in [0.25, 0.3) is 0 Å². The van der Waals surface area contributed by atoms with Crippen LogP contribution in [0.15, 0.2) is 35.0 Å². The Balaban J connectivity index is 1.09. The molecule has 0 saturated carbocycles. The number of ether oxygens (including phenoxy) is 1. The number of aromatic nitrogens is 2. The van der Waals surface area contributed by atoms with Gasteiger partial charge in [-0.25, -0.2) is 9.42 Å². The number of esters is 1. The van der Waals surface area contributed by atoms with Gasteiger partial charge in [-0.05, 0) is 65.0 Å². The quantitative estimate of drug-likeness (QED) is 0.583. The fraction of sp³-hybridized carbons (Fsp3) is 0.435. The van der Waals surface area contributed by atoms with Crippen LogP contribution in [0.2, 0.25) is 0 Å². The van der Waals surface area contributed by atoms with E-state index in [4.69, 9.17) is 9.37 Å². The van der Waals surface area contributed by atoms with E-state index in [0.29, 0.717) is 6.61 Å². The first kappa shape index (κ1) is 19.2. The highest BCUT2D eigenvalue weighted by molar-refractivity contribution is 5.93. The summed E-state index contributed by atoms with van der Waals surface area (Å²) in [6, 6.07) is 10.2. The minimum atomic E-state index is -0.187. The molecule has 0 aliphatic carbocycles. The molecular weight excluding hydrogens is 380 g/mol. The molecule has 0 unspecified atom stereocenters. The van der Waals surface area contributed by atoms with Gasteiger partial charge in [-0.2, -0.15) is 0 Å². The molecule has 156 valence electrons. The van der Waals surface area contributed by atoms with Crippen LogP contribution in [0, 0.1) is 6.92 Å². The highest BCUT2D eigenvalue weighted by atomic mass is 16.6. The van der Waals surface area contributed by atoms with Gasteiger partial charge in [-0.15, -0.1) is 0 Å². The summed E-state index contributed by atoms with van der Waals surface area (Å²) in [5, 5.41) is 7.79. The molecule has 1 fully saturated rings. The molecule has 0 atom stereocenters. The smallest absolute Gasteiger partial charge is 0.338 e. The maximum Gasteiger partial charge on any atom is 0.338 e. The topological polar surface area (TPSA) is 71.7 Å². The van der Waals surface area contributed by atoms with Crippen molar-refractivity contribution < 1.29 is 14.2 Å². The Morgan fingerprint density at radius 2 is 1.67 bits per heavy atom. The fourth-order valence-electron chi connectivity index (χ4n) is 4.45. The van der Waals surface area contributed by atoms with E-state index in [9.17, 15) is 4.79 Å². The van der Waals surface area contributed by atoms with Gasteiger partial charge in [-0.1, -0.05) is 12.1 Å². The first-order chi connectivity index (χ1) is 14.7. The van der Waals surface area contributed by atoms with Gasteiger partial charge in [0.15, 0.2) is 0 Å². The van der Waals surface area contributed by atoms with E-state index in [0.717, 1.165) is 74.3 Å². The first-order valence-corrected chi connectivity index (χ1v) is 10.6. The fourth-order valence-corrected chi connectivity index (χ4v) is 4.45. The number of hydrogen-bond acceptors (Lipinski definition) is 7. The molecule has 0 spiro atoms. The molecule has 3 aromatic rings. The molecule has 1 saturated heterocycles. The van der Waals surface area contributed by atoms with Gasteiger partial charge < -0.3 is 14.5 Å². The minimum absolute atomic E-state index is 0.187. The third-order valence-corrected chi connectivity index (χ3v) is 6.48. The zero-order valence-electron chi connectivity index (χ0n) is 17.3. The second-order valence-corrected chi connectivity index (χ2v) is 8.22. The van der Waals surface area contributed by atoms with Gasteiger partial charge in [-0.3, -0.25) is 0 Å². The average Bonchev–Trinajstić information content (AvgIpc) is 3.39. The molecule has 0 N–H and O–H groups in total. The summed E-state index contributed by atoms with van der Waals surface area (Å²) in [7, 11) is 0. The van der Waals surface area contributed by atoms with Gasteiger partial charge in [0.1, 0.15) is 17.6 Å². The van der Waals surface area contributed by atoms with Crippen LogP contribution in [-0.4, -0.2) is 65.4 Å². The Labute approximate surface area is 175 Å². The molecule has 2 aliphatic heterocycles. The number of carbonyl (C=O) groups is 1. The molecule has 2 aromatic carbocycles. The molecule has 0 bridgehead atoms. The van der Waals surface area contributed by atoms with Gasteiger partial charge in [0.05, 0.1) is 5.56 Å². The highest BCUT2D eigenvalue weighted by Crippen LogP contribution is 2.26. The van der Waals surface area contributed by atoms with Crippen molar-refractivity contribution in [2.75, 3.05) is 39.3 Å². The predicted molar refractivity (Wildman–Crippen MR) is 112 cm³/mol. The Bertz CT molecular complexity index is 1070. The number of hydrogen-bond donors (Lipinski definition) is 0. The molecule has 2 aliphatic rings. The van der Waals surface area contributed by atoms with Crippen molar-refractivity contribution in [2.24, 2.45) is 0 Å². The first-order valence-electron chi connectivity index (χ1n) is 10.6. The molecule has 5 rings (SSSR count). The molecule has 0 amide bonds. The van der Waals surface area contributed by atoms with E-state index >= 15 is 0 Å². The maximum absolute atomic E-state index is 11.7. The highest BCUT2D eigenvalue weighted by Gasteiger charge is 2.24. The minimum Gasteiger partial charge on any atom is -0.457 e. The van der Waals surface area contributed by atoms with Crippen LogP contribution in [0.1, 0.15) is 32.6 Å². The number of piperazine rings is 1. The number of cyclic esters (lactones) is 1. The van der Waals surface area contributed by atoms with E-state index in [1.807, 2.05) is 12.1 Å². The Hall–Kier alpha value is -2.77. The third-order valence-electron chi connectivity index (χ3n) is 6.48. The molecule has 30 heavy (non-hydrogen) atoms. The summed E-state index contributed by atoms with van der Waals surface area (Å²) in [5.41, 5.74) is 7.27. The molecule has 0 radical (unpaired) electrons. The summed E-state index contributed by atoms with van der Waals surface area (Å²) in [6.45, 7) is 9.03. The lowest BCUT2D eigenvalue weighted by Crippen LogP contribution is -2.47. The SMILES string of the molecule is Cc1c(CCN2CCN(CCc3ccc4nonc4c3)CC2)ccc2c1COC2=O. The summed E-state index contributed by atoms with van der Waals surface area (Å²) >= 11 is 0. The van der Waals surface area contributed by atoms with E-state index in [1.165, 1.54) is 16.7 Å². The predicted octanol–water partition coefficient (Wildman–Crippen LogP) is 2.60. The van der Waals surface area contributed by atoms with Gasteiger partial charge in [0.2, 0.25) is 0 Å². The Kier molecular flexibility index (Phi) is 5.23. The van der Waals surface area contributed by atoms with Gasteiger partial charge in [0, 0.05) is 44.8 Å². The van der Waals surface area contributed by atoms with Crippen molar-refractivity contribution in [3.63, 3.8) is 0 Å². The van der Waals surface area contributed by atoms with E-state index in [2.05, 4.69) is 45.2 Å². The van der Waals surface area contributed by atoms with Crippen LogP contribution in [-0.2, 0) is 24.2 Å². The van der Waals surface area contributed by atoms with E-state index < -0.39 is 0 Å². The average molecular weight is 406 g/mol. The zero-order chi connectivity index (χ0) is 20.5. The Morgan fingerprint density at radius 3 is 2.47 bits per heavy atom. The standard InChI is InChI=1S/C23H26N4O3/c1-16-18(3-4-19-20(16)15-29-23(19)28)7-9-27-12-10-26(11-13-27)8-6-17-2-5-21-22(14-17)25-30-24-21/h2-5,14H,6-13,15H2,1H3. The van der Waals surface area contributed by atoms with E-state index in [1.54, 1.807) is 0 Å². The zero-order valence-corrected chi connectivity index (χ0v) is 17.3. The molecule has 7 nitrogen and oxygen atoms in total. The monoisotopic (exact) mass is 406 g/mol. The normalized spacial score (nSPS) is 17.4. The van der Waals surface area contributed by atoms with Crippen LogP contribution in [0.5, 0.6) is 0 Å². The summed E-state index contributed by atoms with van der Waals surface area (Å²) in [4.78, 5) is 16.8. The number of fused-ring (bicyclic) bond motifs is 2. The number of carbonyl (C=O) groups excluding carboxylic acids is 1. The third kappa shape index (κ3) is 3.82. The molecule has 7 heteroatoms. The lowest BCUT2D eigenvalue weighted by atomic mass is 9.96. The van der Waals surface area contributed by atoms with Crippen LogP contribution < -0.4 is 0 Å². The summed E-state index contributed by atoms with van der Waals surface area (Å²) < 4.78 is 9.95. The van der Waals surface area contributed by atoms with Crippen LogP contribution in [0.3, 0.4) is 0 Å². The molecule has 1 aromatic heterocycles. The van der Waals surface area contributed by atoms with Gasteiger partial charge >= 0.3 is 5.97 Å². The largest absolute Gasteiger partial charge is 0.457 e. The van der Waals surface area contributed by atoms with Crippen molar-refractivity contribution in [3.05, 3.63) is 58.1 Å². The molecule has 3 heterocycles. The van der Waals surface area contributed by atoms with Crippen LogP contribution in [0.25, 0.3) is 11.0 Å². The molecular formula is C23H26N4O3.